The zero-order valence-electron chi connectivity index (χ0n) is 11.9. The van der Waals surface area contributed by atoms with Crippen LogP contribution in [-0.4, -0.2) is 0 Å². The van der Waals surface area contributed by atoms with Crippen LogP contribution in [0.3, 0.4) is 0 Å². The predicted octanol–water partition coefficient (Wildman–Crippen LogP) is 6.37. The van der Waals surface area contributed by atoms with Gasteiger partial charge < -0.3 is 0 Å². The summed E-state index contributed by atoms with van der Waals surface area (Å²) in [5.74, 6) is 0. The molecule has 1 aliphatic rings. The minimum absolute atomic E-state index is 0.788. The van der Waals surface area contributed by atoms with Gasteiger partial charge in [-0.2, -0.15) is 0 Å². The van der Waals surface area contributed by atoms with Crippen LogP contribution < -0.4 is 0 Å². The Bertz CT molecular complexity index is 1100. The molecule has 0 N–H and O–H groups in total. The molecule has 0 saturated carbocycles. The third-order valence-electron chi connectivity index (χ3n) is 4.69. The fourth-order valence-electron chi connectivity index (χ4n) is 3.60. The molecule has 104 valence electrons. The Kier molecular flexibility index (Phi) is 2.42. The van der Waals surface area contributed by atoms with Crippen LogP contribution in [0.4, 0.5) is 0 Å². The van der Waals surface area contributed by atoms with Crippen LogP contribution in [0.15, 0.2) is 60.7 Å². The maximum Gasteiger partial charge on any atom is 0.0412 e. The van der Waals surface area contributed by atoms with Crippen LogP contribution >= 0.6 is 11.6 Å². The maximum absolute atomic E-state index is 6.12. The average molecular weight is 301 g/mol. The monoisotopic (exact) mass is 300 g/mol. The number of hydrogen-bond donors (Lipinski definition) is 0. The maximum atomic E-state index is 6.12. The normalized spacial score (nSPS) is 13.3. The molecule has 4 aromatic rings. The molecule has 1 aliphatic carbocycles. The molecule has 0 radical (unpaired) electrons. The van der Waals surface area contributed by atoms with E-state index < -0.39 is 0 Å². The molecular formula is C21H13Cl. The van der Waals surface area contributed by atoms with Gasteiger partial charge in [-0.05, 0) is 74.1 Å². The highest BCUT2D eigenvalue weighted by Crippen LogP contribution is 2.35. The van der Waals surface area contributed by atoms with Gasteiger partial charge in [-0.1, -0.05) is 54.1 Å². The third-order valence-corrected chi connectivity index (χ3v) is 4.93. The molecule has 0 bridgehead atoms. The van der Waals surface area contributed by atoms with Gasteiger partial charge in [-0.15, -0.1) is 0 Å². The minimum Gasteiger partial charge on any atom is -0.0843 e. The second kappa shape index (κ2) is 4.34. The topological polar surface area (TPSA) is 0 Å². The highest BCUT2D eigenvalue weighted by molar-refractivity contribution is 6.31. The van der Waals surface area contributed by atoms with Crippen molar-refractivity contribution in [2.45, 2.75) is 6.42 Å². The summed E-state index contributed by atoms with van der Waals surface area (Å²) >= 11 is 6.12. The number of rotatable bonds is 0. The molecule has 0 atom stereocenters. The van der Waals surface area contributed by atoms with Gasteiger partial charge in [-0.3, -0.25) is 0 Å². The first-order valence-corrected chi connectivity index (χ1v) is 7.91. The first-order chi connectivity index (χ1) is 10.8. The fourth-order valence-corrected chi connectivity index (χ4v) is 3.79. The molecule has 0 unspecified atom stereocenters. The zero-order valence-corrected chi connectivity index (χ0v) is 12.7. The SMILES string of the molecule is Clc1ccc2cc3c(ccc4c5c(ccc43)CC=C5)cc2c1. The quantitative estimate of drug-likeness (QED) is 0.261. The van der Waals surface area contributed by atoms with Crippen LogP contribution in [0.5, 0.6) is 0 Å². The molecule has 4 aromatic carbocycles. The number of halogens is 1. The van der Waals surface area contributed by atoms with Gasteiger partial charge in [-0.25, -0.2) is 0 Å². The zero-order chi connectivity index (χ0) is 14.7. The highest BCUT2D eigenvalue weighted by atomic mass is 35.5. The number of allylic oxidation sites excluding steroid dienone is 1. The third kappa shape index (κ3) is 1.65. The summed E-state index contributed by atoms with van der Waals surface area (Å²) in [6.07, 6.45) is 5.56. The van der Waals surface area contributed by atoms with Crippen molar-refractivity contribution in [1.29, 1.82) is 0 Å². The molecule has 0 aliphatic heterocycles. The van der Waals surface area contributed by atoms with E-state index in [1.807, 2.05) is 12.1 Å². The van der Waals surface area contributed by atoms with E-state index in [4.69, 9.17) is 11.6 Å². The van der Waals surface area contributed by atoms with Crippen LogP contribution in [0.1, 0.15) is 11.1 Å². The van der Waals surface area contributed by atoms with E-state index in [9.17, 15) is 0 Å². The summed E-state index contributed by atoms with van der Waals surface area (Å²) in [5, 5.41) is 8.49. The van der Waals surface area contributed by atoms with Crippen molar-refractivity contribution in [2.75, 3.05) is 0 Å². The molecule has 0 aromatic heterocycles. The average Bonchev–Trinajstić information content (AvgIpc) is 3.01. The lowest BCUT2D eigenvalue weighted by Gasteiger charge is -2.10. The summed E-state index contributed by atoms with van der Waals surface area (Å²) in [4.78, 5) is 0. The lowest BCUT2D eigenvalue weighted by Crippen LogP contribution is -1.86. The van der Waals surface area contributed by atoms with Gasteiger partial charge in [0.25, 0.3) is 0 Å². The predicted molar refractivity (Wildman–Crippen MR) is 96.7 cm³/mol. The van der Waals surface area contributed by atoms with Gasteiger partial charge >= 0.3 is 0 Å². The Morgan fingerprint density at radius 2 is 1.55 bits per heavy atom. The van der Waals surface area contributed by atoms with Crippen molar-refractivity contribution >= 4 is 50.0 Å². The van der Waals surface area contributed by atoms with Gasteiger partial charge in [0, 0.05) is 5.02 Å². The summed E-state index contributed by atoms with van der Waals surface area (Å²) in [6, 6.07) is 19.6. The van der Waals surface area contributed by atoms with E-state index in [1.165, 1.54) is 43.4 Å². The Balaban J connectivity index is 1.96. The van der Waals surface area contributed by atoms with Crippen molar-refractivity contribution in [3.63, 3.8) is 0 Å². The lowest BCUT2D eigenvalue weighted by molar-refractivity contribution is 1.32. The van der Waals surface area contributed by atoms with E-state index in [0.29, 0.717) is 0 Å². The second-order valence-electron chi connectivity index (χ2n) is 5.97. The van der Waals surface area contributed by atoms with E-state index in [1.54, 1.807) is 0 Å². The molecule has 0 saturated heterocycles. The molecule has 0 fully saturated rings. The summed E-state index contributed by atoms with van der Waals surface area (Å²) in [6.45, 7) is 0. The van der Waals surface area contributed by atoms with Gasteiger partial charge in [0.1, 0.15) is 0 Å². The van der Waals surface area contributed by atoms with Gasteiger partial charge in [0.2, 0.25) is 0 Å². The van der Waals surface area contributed by atoms with Gasteiger partial charge in [0.05, 0.1) is 0 Å². The highest BCUT2D eigenvalue weighted by Gasteiger charge is 2.11. The number of benzene rings is 4. The largest absolute Gasteiger partial charge is 0.0843 e. The molecule has 0 nitrogen and oxygen atoms in total. The first kappa shape index (κ1) is 12.3. The van der Waals surface area contributed by atoms with E-state index >= 15 is 0 Å². The molecular weight excluding hydrogens is 288 g/mol. The van der Waals surface area contributed by atoms with Crippen LogP contribution in [0.25, 0.3) is 38.4 Å². The minimum atomic E-state index is 0.788. The van der Waals surface area contributed by atoms with Crippen LogP contribution in [0, 0.1) is 0 Å². The Morgan fingerprint density at radius 3 is 2.50 bits per heavy atom. The summed E-state index contributed by atoms with van der Waals surface area (Å²) < 4.78 is 0. The lowest BCUT2D eigenvalue weighted by atomic mass is 9.94. The Labute approximate surface area is 133 Å². The van der Waals surface area contributed by atoms with Crippen molar-refractivity contribution in [1.82, 2.24) is 0 Å². The fraction of sp³-hybridized carbons (Fsp3) is 0.0476. The molecule has 0 heterocycles. The smallest absolute Gasteiger partial charge is 0.0412 e. The van der Waals surface area contributed by atoms with E-state index in [0.717, 1.165) is 11.4 Å². The van der Waals surface area contributed by atoms with Crippen molar-refractivity contribution in [3.05, 3.63) is 76.8 Å². The standard InChI is InChI=1S/C21H13Cl/c22-17-7-4-14-12-21-15(10-16(14)11-17)6-9-19-18-3-1-2-13(18)5-8-20(19)21/h1,3-12H,2H2. The van der Waals surface area contributed by atoms with Gasteiger partial charge in [0.15, 0.2) is 0 Å². The van der Waals surface area contributed by atoms with E-state index in [2.05, 4.69) is 54.6 Å². The molecule has 0 spiro atoms. The Hall–Kier alpha value is -2.31. The number of hydrogen-bond acceptors (Lipinski definition) is 0. The molecule has 0 amide bonds. The second-order valence-corrected chi connectivity index (χ2v) is 6.41. The van der Waals surface area contributed by atoms with Crippen molar-refractivity contribution in [3.8, 4) is 0 Å². The number of fused-ring (bicyclic) bond motifs is 6. The molecule has 22 heavy (non-hydrogen) atoms. The molecule has 1 heteroatoms. The Morgan fingerprint density at radius 1 is 0.682 bits per heavy atom. The first-order valence-electron chi connectivity index (χ1n) is 7.54. The van der Waals surface area contributed by atoms with E-state index in [-0.39, 0.29) is 0 Å². The van der Waals surface area contributed by atoms with Crippen LogP contribution in [-0.2, 0) is 6.42 Å². The summed E-state index contributed by atoms with van der Waals surface area (Å²) in [7, 11) is 0. The van der Waals surface area contributed by atoms with Crippen LogP contribution in [0.2, 0.25) is 5.02 Å². The van der Waals surface area contributed by atoms with Crippen molar-refractivity contribution in [2.24, 2.45) is 0 Å². The molecule has 5 rings (SSSR count). The summed E-state index contributed by atoms with van der Waals surface area (Å²) in [5.41, 5.74) is 2.81. The van der Waals surface area contributed by atoms with Crippen molar-refractivity contribution < 1.29 is 0 Å².